The molecule has 0 aliphatic carbocycles. The van der Waals surface area contributed by atoms with E-state index in [2.05, 4.69) is 4.99 Å². The molecule has 0 spiro atoms. The topological polar surface area (TPSA) is 93.3 Å². The van der Waals surface area contributed by atoms with Crippen LogP contribution in [0.15, 0.2) is 29.3 Å². The van der Waals surface area contributed by atoms with Crippen molar-refractivity contribution in [1.29, 1.82) is 0 Å². The molecule has 0 unspecified atom stereocenters. The van der Waals surface area contributed by atoms with Gasteiger partial charge in [0.1, 0.15) is 23.0 Å². The van der Waals surface area contributed by atoms with Gasteiger partial charge in [-0.05, 0) is 23.0 Å². The first-order chi connectivity index (χ1) is 11.8. The Bertz CT molecular complexity index is 797. The highest BCUT2D eigenvalue weighted by Gasteiger charge is 2.26. The van der Waals surface area contributed by atoms with Gasteiger partial charge in [0.2, 0.25) is 0 Å². The predicted molar refractivity (Wildman–Crippen MR) is 104 cm³/mol. The highest BCUT2D eigenvalue weighted by Crippen LogP contribution is 2.42. The standard InChI is InChI=1S/C21H27NO4/c1-20(2,3)15-7-12(8-16(19(15)26)21(4,5)6)22-11-14-17(24)9-13(23)10-18(14)25/h7-11,23-26H,1-6H3. The van der Waals surface area contributed by atoms with Crippen LogP contribution in [0, 0.1) is 0 Å². The van der Waals surface area contributed by atoms with Gasteiger partial charge in [-0.25, -0.2) is 0 Å². The molecule has 140 valence electrons. The number of aromatic hydroxyl groups is 4. The van der Waals surface area contributed by atoms with E-state index in [4.69, 9.17) is 0 Å². The molecule has 0 aliphatic heterocycles. The fourth-order valence-electron chi connectivity index (χ4n) is 2.72. The molecule has 0 saturated heterocycles. The van der Waals surface area contributed by atoms with Gasteiger partial charge in [0.05, 0.1) is 11.3 Å². The van der Waals surface area contributed by atoms with E-state index in [9.17, 15) is 20.4 Å². The van der Waals surface area contributed by atoms with Gasteiger partial charge in [0, 0.05) is 29.5 Å². The van der Waals surface area contributed by atoms with Crippen molar-refractivity contribution in [2.24, 2.45) is 4.99 Å². The van der Waals surface area contributed by atoms with Crippen LogP contribution in [-0.2, 0) is 10.8 Å². The number of hydrogen-bond acceptors (Lipinski definition) is 5. The van der Waals surface area contributed by atoms with Gasteiger partial charge in [0.15, 0.2) is 0 Å². The Morgan fingerprint density at radius 2 is 1.15 bits per heavy atom. The van der Waals surface area contributed by atoms with Crippen LogP contribution in [0.25, 0.3) is 0 Å². The van der Waals surface area contributed by atoms with Crippen LogP contribution < -0.4 is 0 Å². The van der Waals surface area contributed by atoms with Gasteiger partial charge in [0.25, 0.3) is 0 Å². The Morgan fingerprint density at radius 3 is 1.54 bits per heavy atom. The zero-order valence-electron chi connectivity index (χ0n) is 16.1. The van der Waals surface area contributed by atoms with Crippen LogP contribution in [0.2, 0.25) is 0 Å². The van der Waals surface area contributed by atoms with Crippen LogP contribution in [0.3, 0.4) is 0 Å². The maximum Gasteiger partial charge on any atom is 0.131 e. The van der Waals surface area contributed by atoms with Crippen LogP contribution in [0.5, 0.6) is 23.0 Å². The molecule has 0 saturated carbocycles. The minimum atomic E-state index is -0.279. The third-order valence-electron chi connectivity index (χ3n) is 4.17. The molecule has 0 amide bonds. The number of hydrogen-bond donors (Lipinski definition) is 4. The lowest BCUT2D eigenvalue weighted by molar-refractivity contribution is 0.423. The second kappa shape index (κ2) is 6.56. The van der Waals surface area contributed by atoms with Crippen LogP contribution >= 0.6 is 0 Å². The van der Waals surface area contributed by atoms with E-state index in [1.54, 1.807) is 12.1 Å². The van der Waals surface area contributed by atoms with E-state index in [-0.39, 0.29) is 39.4 Å². The first kappa shape index (κ1) is 19.6. The lowest BCUT2D eigenvalue weighted by atomic mass is 9.79. The van der Waals surface area contributed by atoms with Gasteiger partial charge in [-0.15, -0.1) is 0 Å². The number of nitrogens with zero attached hydrogens (tertiary/aromatic N) is 1. The van der Waals surface area contributed by atoms with Crippen LogP contribution in [-0.4, -0.2) is 26.6 Å². The Hall–Kier alpha value is -2.69. The third-order valence-corrected chi connectivity index (χ3v) is 4.17. The maximum atomic E-state index is 10.7. The molecule has 0 bridgehead atoms. The Balaban J connectivity index is 2.61. The zero-order chi connectivity index (χ0) is 19.9. The lowest BCUT2D eigenvalue weighted by Crippen LogP contribution is -2.16. The second-order valence-corrected chi connectivity index (χ2v) is 8.55. The van der Waals surface area contributed by atoms with Gasteiger partial charge >= 0.3 is 0 Å². The first-order valence-corrected chi connectivity index (χ1v) is 8.47. The fraction of sp³-hybridized carbons (Fsp3) is 0.381. The van der Waals surface area contributed by atoms with Crippen molar-refractivity contribution in [2.45, 2.75) is 52.4 Å². The first-order valence-electron chi connectivity index (χ1n) is 8.47. The van der Waals surface area contributed by atoms with Gasteiger partial charge in [-0.3, -0.25) is 4.99 Å². The number of rotatable bonds is 2. The smallest absolute Gasteiger partial charge is 0.131 e. The van der Waals surface area contributed by atoms with Gasteiger partial charge < -0.3 is 20.4 Å². The predicted octanol–water partition coefficient (Wildman–Crippen LogP) is 4.85. The number of benzene rings is 2. The van der Waals surface area contributed by atoms with Crippen molar-refractivity contribution >= 4 is 11.9 Å². The lowest BCUT2D eigenvalue weighted by Gasteiger charge is -2.27. The number of phenols is 4. The summed E-state index contributed by atoms with van der Waals surface area (Å²) in [5.41, 5.74) is 1.71. The second-order valence-electron chi connectivity index (χ2n) is 8.55. The highest BCUT2D eigenvalue weighted by atomic mass is 16.3. The normalized spacial score (nSPS) is 12.7. The van der Waals surface area contributed by atoms with Crippen molar-refractivity contribution in [3.63, 3.8) is 0 Å². The molecule has 0 atom stereocenters. The van der Waals surface area contributed by atoms with E-state index in [1.807, 2.05) is 41.5 Å². The summed E-state index contributed by atoms with van der Waals surface area (Å²) in [6.07, 6.45) is 1.34. The summed E-state index contributed by atoms with van der Waals surface area (Å²) in [6, 6.07) is 5.88. The fourth-order valence-corrected chi connectivity index (χ4v) is 2.72. The van der Waals surface area contributed by atoms with Crippen LogP contribution in [0.4, 0.5) is 5.69 Å². The average molecular weight is 357 g/mol. The Labute approximate surface area is 154 Å². The number of aliphatic imine (C=N–C) groups is 1. The van der Waals surface area contributed by atoms with Crippen molar-refractivity contribution in [3.8, 4) is 23.0 Å². The molecule has 2 aromatic rings. The SMILES string of the molecule is CC(C)(C)c1cc(N=Cc2c(O)cc(O)cc2O)cc(C(C)(C)C)c1O. The van der Waals surface area contributed by atoms with E-state index in [0.29, 0.717) is 5.69 Å². The summed E-state index contributed by atoms with van der Waals surface area (Å²) in [5.74, 6) is -0.500. The molecule has 0 fully saturated rings. The van der Waals surface area contributed by atoms with Crippen molar-refractivity contribution in [2.75, 3.05) is 0 Å². The molecule has 0 aliphatic rings. The molecule has 5 nitrogen and oxygen atoms in total. The van der Waals surface area contributed by atoms with Crippen molar-refractivity contribution in [3.05, 3.63) is 41.0 Å². The molecule has 4 N–H and O–H groups in total. The highest BCUT2D eigenvalue weighted by molar-refractivity contribution is 5.89. The van der Waals surface area contributed by atoms with E-state index in [1.165, 1.54) is 6.21 Å². The number of phenolic OH excluding ortho intramolecular Hbond substituents is 4. The summed E-state index contributed by atoms with van der Waals surface area (Å²) in [6.45, 7) is 12.1. The summed E-state index contributed by atoms with van der Waals surface area (Å²) in [4.78, 5) is 4.38. The molecular weight excluding hydrogens is 330 g/mol. The minimum Gasteiger partial charge on any atom is -0.508 e. The van der Waals surface area contributed by atoms with Crippen molar-refractivity contribution in [1.82, 2.24) is 0 Å². The average Bonchev–Trinajstić information content (AvgIpc) is 2.44. The molecular formula is C21H27NO4. The monoisotopic (exact) mass is 357 g/mol. The summed E-state index contributed by atoms with van der Waals surface area (Å²) >= 11 is 0. The van der Waals surface area contributed by atoms with Crippen molar-refractivity contribution < 1.29 is 20.4 Å². The molecule has 5 heteroatoms. The summed E-state index contributed by atoms with van der Waals surface area (Å²) in [7, 11) is 0. The third kappa shape index (κ3) is 4.10. The minimum absolute atomic E-state index is 0.116. The van der Waals surface area contributed by atoms with Gasteiger partial charge in [-0.1, -0.05) is 41.5 Å². The van der Waals surface area contributed by atoms with Crippen LogP contribution in [0.1, 0.15) is 58.2 Å². The quantitative estimate of drug-likeness (QED) is 0.578. The molecule has 0 radical (unpaired) electrons. The Morgan fingerprint density at radius 1 is 0.731 bits per heavy atom. The maximum absolute atomic E-state index is 10.7. The van der Waals surface area contributed by atoms with E-state index < -0.39 is 0 Å². The molecule has 2 aromatic carbocycles. The molecule has 0 heterocycles. The summed E-state index contributed by atoms with van der Waals surface area (Å²) in [5, 5.41) is 39.9. The molecule has 2 rings (SSSR count). The van der Waals surface area contributed by atoms with E-state index >= 15 is 0 Å². The Kier molecular flexibility index (Phi) is 4.95. The van der Waals surface area contributed by atoms with Gasteiger partial charge in [-0.2, -0.15) is 0 Å². The summed E-state index contributed by atoms with van der Waals surface area (Å²) < 4.78 is 0. The molecule has 26 heavy (non-hydrogen) atoms. The zero-order valence-corrected chi connectivity index (χ0v) is 16.1. The van der Waals surface area contributed by atoms with E-state index in [0.717, 1.165) is 23.3 Å². The molecule has 0 aromatic heterocycles. The largest absolute Gasteiger partial charge is 0.508 e.